The average Bonchev–Trinajstić information content (AvgIpc) is 3.08. The zero-order valence-electron chi connectivity index (χ0n) is 11.7. The van der Waals surface area contributed by atoms with E-state index in [-0.39, 0.29) is 12.5 Å². The van der Waals surface area contributed by atoms with Crippen LogP contribution in [-0.4, -0.2) is 35.5 Å². The summed E-state index contributed by atoms with van der Waals surface area (Å²) >= 11 is 1.54. The van der Waals surface area contributed by atoms with Crippen LogP contribution in [0.1, 0.15) is 19.5 Å². The Bertz CT molecular complexity index is 536. The SMILES string of the molecule is CCOC(=O)CN(CC)Cc1csc(-c2ccco2)n1. The molecule has 5 nitrogen and oxygen atoms in total. The van der Waals surface area contributed by atoms with Crippen LogP contribution in [-0.2, 0) is 16.1 Å². The predicted molar refractivity (Wildman–Crippen MR) is 77.4 cm³/mol. The fraction of sp³-hybridized carbons (Fsp3) is 0.429. The van der Waals surface area contributed by atoms with Crippen LogP contribution in [0.15, 0.2) is 28.2 Å². The predicted octanol–water partition coefficient (Wildman–Crippen LogP) is 2.79. The van der Waals surface area contributed by atoms with Crippen LogP contribution >= 0.6 is 11.3 Å². The number of thiazole rings is 1. The van der Waals surface area contributed by atoms with Gasteiger partial charge in [0.1, 0.15) is 0 Å². The highest BCUT2D eigenvalue weighted by molar-refractivity contribution is 7.13. The number of hydrogen-bond donors (Lipinski definition) is 0. The Kier molecular flexibility index (Phi) is 5.31. The molecule has 2 aromatic heterocycles. The molecule has 2 rings (SSSR count). The van der Waals surface area contributed by atoms with Crippen LogP contribution in [0.2, 0.25) is 0 Å². The van der Waals surface area contributed by atoms with Gasteiger partial charge < -0.3 is 9.15 Å². The summed E-state index contributed by atoms with van der Waals surface area (Å²) < 4.78 is 10.3. The Morgan fingerprint density at radius 3 is 3.00 bits per heavy atom. The van der Waals surface area contributed by atoms with Crippen molar-refractivity contribution in [3.63, 3.8) is 0 Å². The van der Waals surface area contributed by atoms with Crippen molar-refractivity contribution in [2.75, 3.05) is 19.7 Å². The molecule has 0 saturated carbocycles. The first-order valence-electron chi connectivity index (χ1n) is 6.59. The van der Waals surface area contributed by atoms with Gasteiger partial charge in [0.2, 0.25) is 0 Å². The van der Waals surface area contributed by atoms with Gasteiger partial charge in [-0.05, 0) is 25.6 Å². The lowest BCUT2D eigenvalue weighted by atomic mass is 10.4. The summed E-state index contributed by atoms with van der Waals surface area (Å²) in [6.07, 6.45) is 1.63. The van der Waals surface area contributed by atoms with E-state index in [0.717, 1.165) is 23.0 Å². The van der Waals surface area contributed by atoms with Crippen LogP contribution in [0.4, 0.5) is 0 Å². The highest BCUT2D eigenvalue weighted by Crippen LogP contribution is 2.24. The van der Waals surface area contributed by atoms with Gasteiger partial charge in [-0.3, -0.25) is 9.69 Å². The lowest BCUT2D eigenvalue weighted by Crippen LogP contribution is -2.30. The molecule has 0 amide bonds. The van der Waals surface area contributed by atoms with Crippen LogP contribution in [0.25, 0.3) is 10.8 Å². The molecule has 6 heteroatoms. The molecule has 0 spiro atoms. The number of carbonyl (C=O) groups is 1. The van der Waals surface area contributed by atoms with Crippen molar-refractivity contribution in [1.29, 1.82) is 0 Å². The van der Waals surface area contributed by atoms with E-state index in [1.807, 2.05) is 36.3 Å². The average molecular weight is 294 g/mol. The van der Waals surface area contributed by atoms with Crippen molar-refractivity contribution in [1.82, 2.24) is 9.88 Å². The van der Waals surface area contributed by atoms with E-state index in [2.05, 4.69) is 4.98 Å². The van der Waals surface area contributed by atoms with Crippen molar-refractivity contribution in [3.05, 3.63) is 29.5 Å². The molecule has 0 aliphatic rings. The zero-order chi connectivity index (χ0) is 14.4. The third-order valence-electron chi connectivity index (χ3n) is 2.77. The van der Waals surface area contributed by atoms with E-state index < -0.39 is 0 Å². The largest absolute Gasteiger partial charge is 0.465 e. The molecule has 0 aliphatic heterocycles. The van der Waals surface area contributed by atoms with Gasteiger partial charge in [-0.25, -0.2) is 4.98 Å². The highest BCUT2D eigenvalue weighted by Gasteiger charge is 2.13. The molecule has 0 fully saturated rings. The van der Waals surface area contributed by atoms with E-state index >= 15 is 0 Å². The summed E-state index contributed by atoms with van der Waals surface area (Å²) in [7, 11) is 0. The summed E-state index contributed by atoms with van der Waals surface area (Å²) in [5.74, 6) is 0.575. The molecular formula is C14H18N2O3S. The van der Waals surface area contributed by atoms with Gasteiger partial charge >= 0.3 is 5.97 Å². The Balaban J connectivity index is 1.96. The van der Waals surface area contributed by atoms with Crippen LogP contribution in [0.3, 0.4) is 0 Å². The standard InChI is InChI=1S/C14H18N2O3S/c1-3-16(9-13(17)18-4-2)8-11-10-20-14(15-11)12-6-5-7-19-12/h5-7,10H,3-4,8-9H2,1-2H3. The molecule has 20 heavy (non-hydrogen) atoms. The van der Waals surface area contributed by atoms with Crippen molar-refractivity contribution < 1.29 is 13.9 Å². The number of aromatic nitrogens is 1. The van der Waals surface area contributed by atoms with Crippen molar-refractivity contribution in [2.24, 2.45) is 0 Å². The van der Waals surface area contributed by atoms with Crippen LogP contribution < -0.4 is 0 Å². The van der Waals surface area contributed by atoms with Gasteiger partial charge in [0.25, 0.3) is 0 Å². The maximum atomic E-state index is 11.5. The molecular weight excluding hydrogens is 276 g/mol. The highest BCUT2D eigenvalue weighted by atomic mass is 32.1. The summed E-state index contributed by atoms with van der Waals surface area (Å²) in [6.45, 7) is 5.93. The molecule has 2 aromatic rings. The molecule has 0 N–H and O–H groups in total. The van der Waals surface area contributed by atoms with Crippen molar-refractivity contribution >= 4 is 17.3 Å². The van der Waals surface area contributed by atoms with Gasteiger partial charge in [0.15, 0.2) is 10.8 Å². The Morgan fingerprint density at radius 1 is 1.50 bits per heavy atom. The first kappa shape index (κ1) is 14.7. The number of ether oxygens (including phenoxy) is 1. The van der Waals surface area contributed by atoms with Crippen molar-refractivity contribution in [3.8, 4) is 10.8 Å². The summed E-state index contributed by atoms with van der Waals surface area (Å²) in [5, 5.41) is 2.85. The third kappa shape index (κ3) is 3.91. The normalized spacial score (nSPS) is 10.9. The number of nitrogens with zero attached hydrogens (tertiary/aromatic N) is 2. The molecule has 0 radical (unpaired) electrons. The summed E-state index contributed by atoms with van der Waals surface area (Å²) in [6, 6.07) is 3.73. The maximum Gasteiger partial charge on any atom is 0.320 e. The molecule has 2 heterocycles. The van der Waals surface area contributed by atoms with E-state index in [0.29, 0.717) is 13.2 Å². The number of hydrogen-bond acceptors (Lipinski definition) is 6. The molecule has 0 unspecified atom stereocenters. The fourth-order valence-electron chi connectivity index (χ4n) is 1.79. The second kappa shape index (κ2) is 7.21. The smallest absolute Gasteiger partial charge is 0.320 e. The lowest BCUT2D eigenvalue weighted by molar-refractivity contribution is -0.144. The van der Waals surface area contributed by atoms with E-state index in [4.69, 9.17) is 9.15 Å². The van der Waals surface area contributed by atoms with Gasteiger partial charge in [0, 0.05) is 11.9 Å². The molecule has 0 bridgehead atoms. The molecule has 0 saturated heterocycles. The summed E-state index contributed by atoms with van der Waals surface area (Å²) in [4.78, 5) is 18.0. The maximum absolute atomic E-state index is 11.5. The van der Waals surface area contributed by atoms with Crippen molar-refractivity contribution in [2.45, 2.75) is 20.4 Å². The van der Waals surface area contributed by atoms with Gasteiger partial charge in [-0.2, -0.15) is 0 Å². The second-order valence-corrected chi connectivity index (χ2v) is 5.09. The van der Waals surface area contributed by atoms with E-state index in [1.54, 1.807) is 17.6 Å². The molecule has 0 atom stereocenters. The Morgan fingerprint density at radius 2 is 2.35 bits per heavy atom. The fourth-order valence-corrected chi connectivity index (χ4v) is 2.57. The van der Waals surface area contributed by atoms with E-state index in [9.17, 15) is 4.79 Å². The summed E-state index contributed by atoms with van der Waals surface area (Å²) in [5.41, 5.74) is 0.938. The lowest BCUT2D eigenvalue weighted by Gasteiger charge is -2.17. The van der Waals surface area contributed by atoms with Gasteiger partial charge in [-0.1, -0.05) is 6.92 Å². The van der Waals surface area contributed by atoms with E-state index in [1.165, 1.54) is 0 Å². The number of rotatable bonds is 7. The molecule has 108 valence electrons. The Labute approximate surface area is 122 Å². The topological polar surface area (TPSA) is 55.6 Å². The first-order valence-corrected chi connectivity index (χ1v) is 7.47. The van der Waals surface area contributed by atoms with Crippen LogP contribution in [0, 0.1) is 0 Å². The zero-order valence-corrected chi connectivity index (χ0v) is 12.5. The number of likely N-dealkylation sites (N-methyl/N-ethyl adjacent to an activating group) is 1. The number of esters is 1. The second-order valence-electron chi connectivity index (χ2n) is 4.23. The third-order valence-corrected chi connectivity index (χ3v) is 3.68. The minimum Gasteiger partial charge on any atom is -0.465 e. The minimum absolute atomic E-state index is 0.198. The van der Waals surface area contributed by atoms with Gasteiger partial charge in [0.05, 0.1) is 25.1 Å². The van der Waals surface area contributed by atoms with Crippen LogP contribution in [0.5, 0.6) is 0 Å². The number of carbonyl (C=O) groups excluding carboxylic acids is 1. The minimum atomic E-state index is -0.198. The molecule has 0 aromatic carbocycles. The first-order chi connectivity index (χ1) is 9.72. The molecule has 0 aliphatic carbocycles. The van der Waals surface area contributed by atoms with Gasteiger partial charge in [-0.15, -0.1) is 11.3 Å². The monoisotopic (exact) mass is 294 g/mol. The quantitative estimate of drug-likeness (QED) is 0.735. The number of furan rings is 1. The Hall–Kier alpha value is -1.66.